The molecule has 0 aromatic heterocycles. The highest BCUT2D eigenvalue weighted by Gasteiger charge is 2.51. The van der Waals surface area contributed by atoms with Gasteiger partial charge in [-0.2, -0.15) is 20.3 Å². The molecular formula is C72H132N4O19. The molecule has 0 bridgehead atoms. The highest BCUT2D eigenvalue weighted by molar-refractivity contribution is 6.00. The predicted molar refractivity (Wildman–Crippen MR) is 359 cm³/mol. The second kappa shape index (κ2) is 37.0. The quantitative estimate of drug-likeness (QED) is 0.0191. The number of piperidine rings is 4. The maximum atomic E-state index is 14.3. The molecule has 0 aromatic carbocycles. The Morgan fingerprint density at radius 3 is 0.905 bits per heavy atom. The van der Waals surface area contributed by atoms with Crippen LogP contribution in [0.4, 0.5) is 0 Å². The van der Waals surface area contributed by atoms with Crippen LogP contribution in [0.25, 0.3) is 0 Å². The van der Waals surface area contributed by atoms with Crippen molar-refractivity contribution in [1.29, 1.82) is 0 Å². The number of hydrogen-bond acceptors (Lipinski definition) is 23. The van der Waals surface area contributed by atoms with E-state index in [9.17, 15) is 44.8 Å². The molecule has 554 valence electrons. The van der Waals surface area contributed by atoms with Crippen molar-refractivity contribution in [3.05, 3.63) is 0 Å². The van der Waals surface area contributed by atoms with Gasteiger partial charge < -0.3 is 68.2 Å². The van der Waals surface area contributed by atoms with Crippen molar-refractivity contribution >= 4 is 29.8 Å². The first-order valence-corrected chi connectivity index (χ1v) is 36.0. The van der Waals surface area contributed by atoms with E-state index >= 15 is 0 Å². The van der Waals surface area contributed by atoms with Gasteiger partial charge in [0.15, 0.2) is 5.41 Å². The third kappa shape index (κ3) is 25.4. The van der Waals surface area contributed by atoms with E-state index in [2.05, 4.69) is 6.92 Å². The maximum absolute atomic E-state index is 14.3. The first kappa shape index (κ1) is 84.2. The number of unbranched alkanes of at least 4 members (excludes halogenated alkanes) is 2. The van der Waals surface area contributed by atoms with Crippen LogP contribution in [-0.2, 0) is 71.3 Å². The van der Waals surface area contributed by atoms with Gasteiger partial charge in [-0.25, -0.2) is 0 Å². The van der Waals surface area contributed by atoms with Gasteiger partial charge in [-0.3, -0.25) is 24.0 Å². The molecule has 95 heavy (non-hydrogen) atoms. The molecule has 4 saturated heterocycles. The summed E-state index contributed by atoms with van der Waals surface area (Å²) >= 11 is 0. The molecule has 23 heteroatoms. The van der Waals surface area contributed by atoms with Crippen LogP contribution in [0.5, 0.6) is 0 Å². The van der Waals surface area contributed by atoms with Crippen molar-refractivity contribution in [2.75, 3.05) is 72.7 Å². The lowest BCUT2D eigenvalue weighted by Crippen LogP contribution is -2.60. The number of carbonyl (C=O) groups is 5. The number of hydrogen-bond donors (Lipinski definition) is 4. The van der Waals surface area contributed by atoms with Gasteiger partial charge in [0, 0.05) is 76.8 Å². The summed E-state index contributed by atoms with van der Waals surface area (Å²) in [5.41, 5.74) is -6.53. The van der Waals surface area contributed by atoms with Crippen LogP contribution in [0.15, 0.2) is 0 Å². The summed E-state index contributed by atoms with van der Waals surface area (Å²) in [6.45, 7) is 37.6. The predicted octanol–water partition coefficient (Wildman–Crippen LogP) is 12.7. The number of nitrogens with zero attached hydrogens (tertiary/aromatic N) is 4. The van der Waals surface area contributed by atoms with Gasteiger partial charge in [-0.05, 0) is 207 Å². The minimum absolute atomic E-state index is 0.00541. The Balaban J connectivity index is 1.33. The van der Waals surface area contributed by atoms with Crippen LogP contribution in [0.1, 0.15) is 279 Å². The highest BCUT2D eigenvalue weighted by atomic mass is 16.6. The van der Waals surface area contributed by atoms with E-state index in [1.165, 1.54) is 20.3 Å². The second-order valence-corrected chi connectivity index (χ2v) is 32.9. The smallest absolute Gasteiger partial charge is 0.323 e. The van der Waals surface area contributed by atoms with Crippen LogP contribution in [-0.4, -0.2) is 212 Å². The van der Waals surface area contributed by atoms with Crippen molar-refractivity contribution in [3.63, 3.8) is 0 Å². The van der Waals surface area contributed by atoms with E-state index in [1.807, 2.05) is 118 Å². The molecule has 4 fully saturated rings. The summed E-state index contributed by atoms with van der Waals surface area (Å²) in [4.78, 5) is 69.3. The monoisotopic (exact) mass is 1360 g/mol. The van der Waals surface area contributed by atoms with E-state index in [0.717, 1.165) is 12.8 Å². The van der Waals surface area contributed by atoms with Gasteiger partial charge in [0.2, 0.25) is 0 Å². The molecule has 0 radical (unpaired) electrons. The van der Waals surface area contributed by atoms with Gasteiger partial charge in [0.25, 0.3) is 0 Å². The summed E-state index contributed by atoms with van der Waals surface area (Å²) in [6, 6.07) is 0. The maximum Gasteiger partial charge on any atom is 0.323 e. The van der Waals surface area contributed by atoms with E-state index in [-0.39, 0.29) is 102 Å². The topological polar surface area (TPSA) is 272 Å². The summed E-state index contributed by atoms with van der Waals surface area (Å²) in [5, 5.41) is 48.7. The van der Waals surface area contributed by atoms with Crippen molar-refractivity contribution in [2.45, 2.75) is 347 Å². The summed E-state index contributed by atoms with van der Waals surface area (Å²) < 4.78 is 60.4. The van der Waals surface area contributed by atoms with Gasteiger partial charge in [0.05, 0.1) is 102 Å². The fraction of sp³-hybridized carbons (Fsp3) is 0.931. The highest BCUT2D eigenvalue weighted by Crippen LogP contribution is 2.43. The minimum atomic E-state index is -1.69. The van der Waals surface area contributed by atoms with Crippen molar-refractivity contribution in [3.8, 4) is 0 Å². The van der Waals surface area contributed by atoms with Crippen LogP contribution >= 0.6 is 0 Å². The molecular weight excluding hydrogens is 1220 g/mol. The van der Waals surface area contributed by atoms with E-state index in [4.69, 9.17) is 47.4 Å². The van der Waals surface area contributed by atoms with Gasteiger partial charge in [-0.1, -0.05) is 39.5 Å². The minimum Gasteiger partial charge on any atom is -0.466 e. The van der Waals surface area contributed by atoms with Gasteiger partial charge >= 0.3 is 29.8 Å². The zero-order chi connectivity index (χ0) is 71.3. The largest absolute Gasteiger partial charge is 0.466 e. The molecule has 0 spiro atoms. The summed E-state index contributed by atoms with van der Waals surface area (Å²) in [6.07, 6.45) is 10.2. The Bertz CT molecular complexity index is 2230. The fourth-order valence-electron chi connectivity index (χ4n) is 15.4. The zero-order valence-corrected chi connectivity index (χ0v) is 62.3. The normalized spacial score (nSPS) is 22.4. The second-order valence-electron chi connectivity index (χ2n) is 32.9. The standard InChI is InChI=1S/C72H132N4O19/c1-19-21-31-71(53-86-35-25-38-87-54-45-63(3,4)73(82)64(5,6)46-54,60(79)93-42-26-39-88-55-47-65(7,8)74(83)66(9,10)48-55)32-23-36-91-58(77)29-30-59(78)92-37-24-34-72(33-22-20-2,61(80)94-43-27-40-89-56-49-67(11,12)75(84)68(13,14)50-56)62(81)95-44-28-41-90-57-51-69(15,16)76(85)70(17,18)52-57/h54-57,82-85H,19-53H2,1-18H3. The SMILES string of the molecule is CCCCC(CCCOC(=O)CCC(=O)OCCCC(CCCC)(C(=O)OCCCOC1CC(C)(C)N(O)C(C)(C)C1)C(=O)OCCCOC1CC(C)(C)N(O)C(C)(C)C1)(COCCCOC1CC(C)(C)N(O)C(C)(C)C1)C(=O)OCCCOC1CC(C)(C)N(O)C(C)(C)C1. The summed E-state index contributed by atoms with van der Waals surface area (Å²) in [7, 11) is 0. The Morgan fingerprint density at radius 2 is 0.589 bits per heavy atom. The first-order valence-electron chi connectivity index (χ1n) is 36.0. The molecule has 4 heterocycles. The molecule has 0 aromatic rings. The lowest BCUT2D eigenvalue weighted by molar-refractivity contribution is -0.261. The van der Waals surface area contributed by atoms with Crippen LogP contribution < -0.4 is 0 Å². The molecule has 1 unspecified atom stereocenters. The third-order valence-corrected chi connectivity index (χ3v) is 20.0. The molecule has 0 amide bonds. The van der Waals surface area contributed by atoms with E-state index < -0.39 is 79.0 Å². The van der Waals surface area contributed by atoms with Crippen molar-refractivity contribution < 1.29 is 92.2 Å². The average molecular weight is 1360 g/mol. The van der Waals surface area contributed by atoms with Crippen LogP contribution in [0.2, 0.25) is 0 Å². The number of carbonyl (C=O) groups excluding carboxylic acids is 5. The number of hydroxylamine groups is 8. The fourth-order valence-corrected chi connectivity index (χ4v) is 15.4. The van der Waals surface area contributed by atoms with Gasteiger partial charge in [0.1, 0.15) is 0 Å². The van der Waals surface area contributed by atoms with Crippen LogP contribution in [0.3, 0.4) is 0 Å². The molecule has 0 aliphatic carbocycles. The molecule has 1 atom stereocenters. The van der Waals surface area contributed by atoms with Gasteiger partial charge in [-0.15, -0.1) is 0 Å². The Labute approximate surface area is 571 Å². The van der Waals surface area contributed by atoms with E-state index in [0.29, 0.717) is 142 Å². The molecule has 4 N–H and O–H groups in total. The molecule has 0 saturated carbocycles. The van der Waals surface area contributed by atoms with Crippen molar-refractivity contribution in [2.24, 2.45) is 10.8 Å². The molecule has 4 aliphatic heterocycles. The van der Waals surface area contributed by atoms with Crippen molar-refractivity contribution in [1.82, 2.24) is 20.3 Å². The van der Waals surface area contributed by atoms with E-state index in [1.54, 1.807) is 0 Å². The Morgan fingerprint density at radius 1 is 0.337 bits per heavy atom. The first-order chi connectivity index (χ1) is 44.1. The van der Waals surface area contributed by atoms with Crippen LogP contribution in [0, 0.1) is 10.8 Å². The molecule has 23 nitrogen and oxygen atoms in total. The molecule has 4 rings (SSSR count). The Kier molecular flexibility index (Phi) is 32.8. The zero-order valence-electron chi connectivity index (χ0n) is 62.3. The lowest BCUT2D eigenvalue weighted by atomic mass is 9.78. The average Bonchev–Trinajstić information content (AvgIpc) is 0.725. The number of ether oxygens (including phenoxy) is 10. The number of esters is 5. The molecule has 4 aliphatic rings. The summed E-state index contributed by atoms with van der Waals surface area (Å²) in [5.74, 6) is -3.09. The Hall–Kier alpha value is -3.17. The lowest BCUT2D eigenvalue weighted by Gasteiger charge is -2.51. The number of rotatable bonds is 42. The third-order valence-electron chi connectivity index (χ3n) is 20.0.